The summed E-state index contributed by atoms with van der Waals surface area (Å²) in [7, 11) is -3.44. The van der Waals surface area contributed by atoms with Crippen molar-refractivity contribution in [3.8, 4) is 11.1 Å². The molecule has 0 N–H and O–H groups in total. The lowest BCUT2D eigenvalue weighted by Crippen LogP contribution is -2.48. The maximum Gasteiger partial charge on any atom is 0.243 e. The molecule has 4 rings (SSSR count). The molecule has 0 spiro atoms. The molecule has 3 aromatic rings. The van der Waals surface area contributed by atoms with Gasteiger partial charge in [0.2, 0.25) is 10.0 Å². The Hall–Kier alpha value is -2.18. The second-order valence-electron chi connectivity index (χ2n) is 7.66. The first kappa shape index (κ1) is 21.1. The summed E-state index contributed by atoms with van der Waals surface area (Å²) in [5.41, 5.74) is 4.60. The zero-order chi connectivity index (χ0) is 21.1. The van der Waals surface area contributed by atoms with Crippen molar-refractivity contribution in [3.05, 3.63) is 88.9 Å². The van der Waals surface area contributed by atoms with Crippen molar-refractivity contribution in [2.75, 3.05) is 26.2 Å². The first-order valence-electron chi connectivity index (χ1n) is 10.1. The molecule has 0 aliphatic carbocycles. The van der Waals surface area contributed by atoms with Gasteiger partial charge in [0, 0.05) is 37.7 Å². The van der Waals surface area contributed by atoms with E-state index in [-0.39, 0.29) is 0 Å². The van der Waals surface area contributed by atoms with Gasteiger partial charge in [-0.15, -0.1) is 0 Å². The van der Waals surface area contributed by atoms with E-state index in [2.05, 4.69) is 17.0 Å². The quantitative estimate of drug-likeness (QED) is 0.571. The van der Waals surface area contributed by atoms with Crippen LogP contribution in [-0.4, -0.2) is 43.8 Å². The lowest BCUT2D eigenvalue weighted by atomic mass is 9.99. The molecule has 3 aromatic carbocycles. The van der Waals surface area contributed by atoms with E-state index < -0.39 is 10.0 Å². The van der Waals surface area contributed by atoms with Crippen molar-refractivity contribution >= 4 is 21.6 Å². The molecule has 4 nitrogen and oxygen atoms in total. The summed E-state index contributed by atoms with van der Waals surface area (Å²) in [5, 5.41) is 0.724. The summed E-state index contributed by atoms with van der Waals surface area (Å²) in [6.45, 7) is 5.16. The molecule has 156 valence electrons. The van der Waals surface area contributed by atoms with Gasteiger partial charge in [0.05, 0.1) is 4.90 Å². The molecule has 0 saturated carbocycles. The van der Waals surface area contributed by atoms with Crippen LogP contribution in [0.3, 0.4) is 0 Å². The van der Waals surface area contributed by atoms with Crippen LogP contribution in [0.15, 0.2) is 77.7 Å². The van der Waals surface area contributed by atoms with E-state index in [0.29, 0.717) is 31.1 Å². The summed E-state index contributed by atoms with van der Waals surface area (Å²) in [6.07, 6.45) is 0. The molecular formula is C24H25ClN2O2S. The minimum atomic E-state index is -3.44. The SMILES string of the molecule is Cc1ccc(S(=O)(=O)N2CCN(Cc3ccccc3-c3ccc(Cl)cc3)CC2)cc1. The molecular weight excluding hydrogens is 416 g/mol. The predicted molar refractivity (Wildman–Crippen MR) is 122 cm³/mol. The van der Waals surface area contributed by atoms with Gasteiger partial charge < -0.3 is 0 Å². The Morgan fingerprint density at radius 2 is 1.47 bits per heavy atom. The minimum Gasteiger partial charge on any atom is -0.296 e. The summed E-state index contributed by atoms with van der Waals surface area (Å²) >= 11 is 6.03. The molecule has 1 aliphatic heterocycles. The average molecular weight is 441 g/mol. The largest absolute Gasteiger partial charge is 0.296 e. The number of piperazine rings is 1. The molecule has 0 unspecified atom stereocenters. The van der Waals surface area contributed by atoms with E-state index in [1.54, 1.807) is 16.4 Å². The molecule has 1 aliphatic rings. The highest BCUT2D eigenvalue weighted by Gasteiger charge is 2.28. The highest BCUT2D eigenvalue weighted by Crippen LogP contribution is 2.27. The third-order valence-corrected chi connectivity index (χ3v) is 7.72. The van der Waals surface area contributed by atoms with Gasteiger partial charge in [-0.05, 0) is 47.9 Å². The van der Waals surface area contributed by atoms with Crippen LogP contribution >= 0.6 is 11.6 Å². The Balaban J connectivity index is 1.45. The van der Waals surface area contributed by atoms with Crippen LogP contribution in [0, 0.1) is 6.92 Å². The third-order valence-electron chi connectivity index (χ3n) is 5.56. The molecule has 0 amide bonds. The van der Waals surface area contributed by atoms with Crippen molar-refractivity contribution in [2.24, 2.45) is 0 Å². The second-order valence-corrected chi connectivity index (χ2v) is 10.0. The molecule has 0 aromatic heterocycles. The number of rotatable bonds is 5. The minimum absolute atomic E-state index is 0.370. The van der Waals surface area contributed by atoms with Crippen LogP contribution in [0.25, 0.3) is 11.1 Å². The summed E-state index contributed by atoms with van der Waals surface area (Å²) in [4.78, 5) is 2.69. The Labute approximate surface area is 183 Å². The normalized spacial score (nSPS) is 15.9. The van der Waals surface area contributed by atoms with Crippen LogP contribution in [-0.2, 0) is 16.6 Å². The Kier molecular flexibility index (Phi) is 6.25. The smallest absolute Gasteiger partial charge is 0.243 e. The number of sulfonamides is 1. The van der Waals surface area contributed by atoms with E-state index in [1.807, 2.05) is 55.5 Å². The topological polar surface area (TPSA) is 40.6 Å². The van der Waals surface area contributed by atoms with Crippen molar-refractivity contribution in [3.63, 3.8) is 0 Å². The van der Waals surface area contributed by atoms with Crippen LogP contribution in [0.4, 0.5) is 0 Å². The van der Waals surface area contributed by atoms with E-state index in [0.717, 1.165) is 22.7 Å². The fraction of sp³-hybridized carbons (Fsp3) is 0.250. The van der Waals surface area contributed by atoms with Gasteiger partial charge in [-0.2, -0.15) is 4.31 Å². The lowest BCUT2D eigenvalue weighted by molar-refractivity contribution is 0.182. The molecule has 0 bridgehead atoms. The Morgan fingerprint density at radius 3 is 2.13 bits per heavy atom. The van der Waals surface area contributed by atoms with E-state index in [4.69, 9.17) is 11.6 Å². The fourth-order valence-electron chi connectivity index (χ4n) is 3.80. The number of nitrogens with zero attached hydrogens (tertiary/aromatic N) is 2. The summed E-state index contributed by atoms with van der Waals surface area (Å²) in [5.74, 6) is 0. The Bertz CT molecular complexity index is 1100. The van der Waals surface area contributed by atoms with Crippen molar-refractivity contribution in [2.45, 2.75) is 18.4 Å². The van der Waals surface area contributed by atoms with Gasteiger partial charge in [0.15, 0.2) is 0 Å². The monoisotopic (exact) mass is 440 g/mol. The van der Waals surface area contributed by atoms with Gasteiger partial charge in [-0.3, -0.25) is 4.90 Å². The fourth-order valence-corrected chi connectivity index (χ4v) is 5.35. The first-order chi connectivity index (χ1) is 14.4. The van der Waals surface area contributed by atoms with Crippen molar-refractivity contribution in [1.82, 2.24) is 9.21 Å². The van der Waals surface area contributed by atoms with Gasteiger partial charge in [-0.25, -0.2) is 8.42 Å². The van der Waals surface area contributed by atoms with Gasteiger partial charge in [0.25, 0.3) is 0 Å². The predicted octanol–water partition coefficient (Wildman–Crippen LogP) is 4.82. The molecule has 0 atom stereocenters. The maximum atomic E-state index is 12.9. The summed E-state index contributed by atoms with van der Waals surface area (Å²) < 4.78 is 27.4. The number of aryl methyl sites for hydroxylation is 1. The lowest BCUT2D eigenvalue weighted by Gasteiger charge is -2.34. The second kappa shape index (κ2) is 8.90. The summed E-state index contributed by atoms with van der Waals surface area (Å²) in [6, 6.07) is 23.3. The number of benzene rings is 3. The van der Waals surface area contributed by atoms with E-state index in [9.17, 15) is 8.42 Å². The van der Waals surface area contributed by atoms with Crippen LogP contribution < -0.4 is 0 Å². The average Bonchev–Trinajstić information content (AvgIpc) is 2.76. The first-order valence-corrected chi connectivity index (χ1v) is 11.9. The van der Waals surface area contributed by atoms with Crippen LogP contribution in [0.1, 0.15) is 11.1 Å². The van der Waals surface area contributed by atoms with Crippen molar-refractivity contribution < 1.29 is 8.42 Å². The highest BCUT2D eigenvalue weighted by molar-refractivity contribution is 7.89. The molecule has 1 saturated heterocycles. The van der Waals surface area contributed by atoms with Gasteiger partial charge in [0.1, 0.15) is 0 Å². The number of hydrogen-bond acceptors (Lipinski definition) is 3. The molecule has 6 heteroatoms. The zero-order valence-electron chi connectivity index (χ0n) is 17.0. The standard InChI is InChI=1S/C24H25ClN2O2S/c1-19-6-12-23(13-7-19)30(28,29)27-16-14-26(15-17-27)18-21-4-2-3-5-24(21)20-8-10-22(25)11-9-20/h2-13H,14-18H2,1H3. The van der Waals surface area contributed by atoms with E-state index in [1.165, 1.54) is 11.1 Å². The molecule has 1 fully saturated rings. The Morgan fingerprint density at radius 1 is 0.833 bits per heavy atom. The molecule has 0 radical (unpaired) electrons. The molecule has 30 heavy (non-hydrogen) atoms. The highest BCUT2D eigenvalue weighted by atomic mass is 35.5. The third kappa shape index (κ3) is 4.60. The van der Waals surface area contributed by atoms with E-state index >= 15 is 0 Å². The van der Waals surface area contributed by atoms with Gasteiger partial charge >= 0.3 is 0 Å². The van der Waals surface area contributed by atoms with Crippen molar-refractivity contribution in [1.29, 1.82) is 0 Å². The van der Waals surface area contributed by atoms with Gasteiger partial charge in [-0.1, -0.05) is 65.7 Å². The number of halogens is 1. The van der Waals surface area contributed by atoms with Crippen LogP contribution in [0.2, 0.25) is 5.02 Å². The zero-order valence-corrected chi connectivity index (χ0v) is 18.5. The molecule has 1 heterocycles. The van der Waals surface area contributed by atoms with Crippen LogP contribution in [0.5, 0.6) is 0 Å². The maximum absolute atomic E-state index is 12.9. The number of hydrogen-bond donors (Lipinski definition) is 0.